The number of halogens is 1. The van der Waals surface area contributed by atoms with Crippen LogP contribution in [0.1, 0.15) is 18.0 Å². The Labute approximate surface area is 276 Å². The maximum atomic E-state index is 15.1. The molecule has 1 unspecified atom stereocenters. The number of anilines is 5. The zero-order chi connectivity index (χ0) is 33.2. The molecular formula is C34H35FN10O3. The van der Waals surface area contributed by atoms with Gasteiger partial charge in [0, 0.05) is 50.3 Å². The minimum Gasteiger partial charge on any atom is -0.494 e. The van der Waals surface area contributed by atoms with Gasteiger partial charge >= 0.3 is 0 Å². The van der Waals surface area contributed by atoms with E-state index in [9.17, 15) is 4.79 Å². The van der Waals surface area contributed by atoms with Crippen LogP contribution in [0.4, 0.5) is 33.1 Å². The molecule has 1 amide bonds. The molecular weight excluding hydrogens is 615 g/mol. The quantitative estimate of drug-likeness (QED) is 0.213. The second-order valence-electron chi connectivity index (χ2n) is 11.6. The summed E-state index contributed by atoms with van der Waals surface area (Å²) in [6.45, 7) is 7.44. The van der Waals surface area contributed by atoms with Crippen molar-refractivity contribution < 1.29 is 18.8 Å². The molecule has 2 N–H and O–H groups in total. The molecule has 0 saturated carbocycles. The lowest BCUT2D eigenvalue weighted by atomic mass is 10.00. The predicted octanol–water partition coefficient (Wildman–Crippen LogP) is 4.84. The van der Waals surface area contributed by atoms with Crippen LogP contribution in [0.25, 0.3) is 16.9 Å². The number of rotatable bonds is 9. The number of carbonyl (C=O) groups is 1. The third-order valence-corrected chi connectivity index (χ3v) is 8.55. The number of hydroxylamine groups is 1. The fourth-order valence-electron chi connectivity index (χ4n) is 6.12. The average Bonchev–Trinajstić information content (AvgIpc) is 3.79. The third-order valence-electron chi connectivity index (χ3n) is 8.55. The molecule has 13 nitrogen and oxygen atoms in total. The number of methoxy groups -OCH3 is 1. The number of benzene rings is 2. The zero-order valence-electron chi connectivity index (χ0n) is 26.6. The molecule has 48 heavy (non-hydrogen) atoms. The van der Waals surface area contributed by atoms with E-state index in [0.29, 0.717) is 53.0 Å². The van der Waals surface area contributed by atoms with Crippen LogP contribution in [0.5, 0.6) is 5.75 Å². The van der Waals surface area contributed by atoms with Crippen molar-refractivity contribution in [2.45, 2.75) is 12.5 Å². The molecule has 0 radical (unpaired) electrons. The van der Waals surface area contributed by atoms with Gasteiger partial charge in [-0.05, 0) is 55.1 Å². The highest BCUT2D eigenvalue weighted by atomic mass is 19.1. The molecule has 5 aromatic rings. The first-order chi connectivity index (χ1) is 23.4. The summed E-state index contributed by atoms with van der Waals surface area (Å²) in [7, 11) is 3.69. The topological polar surface area (TPSA) is 125 Å². The molecule has 2 aliphatic rings. The number of fused-ring (bicyclic) bond motifs is 1. The zero-order valence-corrected chi connectivity index (χ0v) is 26.6. The van der Waals surface area contributed by atoms with Gasteiger partial charge in [0.2, 0.25) is 5.91 Å². The number of hydrogen-bond donors (Lipinski definition) is 2. The first kappa shape index (κ1) is 31.0. The first-order valence-corrected chi connectivity index (χ1v) is 15.6. The van der Waals surface area contributed by atoms with E-state index in [4.69, 9.17) is 9.57 Å². The van der Waals surface area contributed by atoms with E-state index in [1.807, 2.05) is 36.4 Å². The van der Waals surface area contributed by atoms with Crippen molar-refractivity contribution in [2.24, 2.45) is 0 Å². The number of ether oxygens (including phenoxy) is 1. The van der Waals surface area contributed by atoms with Crippen LogP contribution in [0.3, 0.4) is 0 Å². The predicted molar refractivity (Wildman–Crippen MR) is 181 cm³/mol. The van der Waals surface area contributed by atoms with Crippen LogP contribution >= 0.6 is 0 Å². The lowest BCUT2D eigenvalue weighted by molar-refractivity contribution is -0.111. The molecule has 2 aromatic carbocycles. The number of carbonyl (C=O) groups excluding carboxylic acids is 1. The summed E-state index contributed by atoms with van der Waals surface area (Å²) in [5.41, 5.74) is 4.86. The van der Waals surface area contributed by atoms with Crippen molar-refractivity contribution in [1.82, 2.24) is 29.5 Å². The first-order valence-electron chi connectivity index (χ1n) is 15.6. The minimum atomic E-state index is -0.372. The molecule has 2 fully saturated rings. The molecule has 1 atom stereocenters. The van der Waals surface area contributed by atoms with E-state index in [2.05, 4.69) is 54.1 Å². The molecule has 7 rings (SSSR count). The van der Waals surface area contributed by atoms with Gasteiger partial charge in [-0.25, -0.2) is 28.9 Å². The van der Waals surface area contributed by atoms with E-state index < -0.39 is 0 Å². The van der Waals surface area contributed by atoms with Gasteiger partial charge in [-0.15, -0.1) is 0 Å². The largest absolute Gasteiger partial charge is 0.494 e. The Morgan fingerprint density at radius 2 is 1.90 bits per heavy atom. The number of nitrogens with one attached hydrogen (secondary N) is 2. The summed E-state index contributed by atoms with van der Waals surface area (Å²) in [4.78, 5) is 36.1. The van der Waals surface area contributed by atoms with Gasteiger partial charge in [-0.2, -0.15) is 5.10 Å². The lowest BCUT2D eigenvalue weighted by Crippen LogP contribution is -2.44. The Bertz CT molecular complexity index is 1980. The summed E-state index contributed by atoms with van der Waals surface area (Å²) >= 11 is 0. The molecule has 14 heteroatoms. The highest BCUT2D eigenvalue weighted by Gasteiger charge is 2.30. The van der Waals surface area contributed by atoms with E-state index in [0.717, 1.165) is 43.1 Å². The monoisotopic (exact) mass is 650 g/mol. The summed E-state index contributed by atoms with van der Waals surface area (Å²) in [6.07, 6.45) is 4.77. The van der Waals surface area contributed by atoms with Crippen molar-refractivity contribution in [1.29, 1.82) is 0 Å². The Morgan fingerprint density at radius 3 is 2.71 bits per heavy atom. The number of nitrogens with zero attached hydrogens (tertiary/aromatic N) is 8. The van der Waals surface area contributed by atoms with Gasteiger partial charge in [0.1, 0.15) is 30.0 Å². The van der Waals surface area contributed by atoms with Crippen molar-refractivity contribution >= 4 is 40.3 Å². The second-order valence-corrected chi connectivity index (χ2v) is 11.6. The fraction of sp³-hybridized carbons (Fsp3) is 0.265. The molecule has 2 aliphatic heterocycles. The van der Waals surface area contributed by atoms with Gasteiger partial charge in [-0.1, -0.05) is 12.6 Å². The van der Waals surface area contributed by atoms with Crippen molar-refractivity contribution in [2.75, 3.05) is 67.5 Å². The number of piperazine rings is 1. The van der Waals surface area contributed by atoms with Crippen LogP contribution < -0.4 is 25.3 Å². The van der Waals surface area contributed by atoms with E-state index in [-0.39, 0.29) is 17.8 Å². The highest BCUT2D eigenvalue weighted by Crippen LogP contribution is 2.40. The number of amides is 1. The minimum absolute atomic E-state index is 0.310. The Hall–Kier alpha value is -5.60. The van der Waals surface area contributed by atoms with Gasteiger partial charge in [-0.3, -0.25) is 9.63 Å². The standard InChI is InChI=1S/C34H35FN10O3/c1-4-34(46)41-25-17-26(30(47-3)18-29(25)43-11-9-42(2)10-12-43)40-31-19-33(37-20-36-31)45-28(8-13-48-45)23-14-22(15-24(35)16-23)27-6-5-7-32-38-21-39-44(27)32/h4-7,14-21,28H,1,8-13H2,2-3H3,(H,41,46)(H,36,37,40). The molecule has 0 aliphatic carbocycles. The Kier molecular flexibility index (Phi) is 8.57. The summed E-state index contributed by atoms with van der Waals surface area (Å²) in [5.74, 6) is 0.848. The molecule has 2 saturated heterocycles. The van der Waals surface area contributed by atoms with Crippen LogP contribution in [0.2, 0.25) is 0 Å². The van der Waals surface area contributed by atoms with E-state index in [1.165, 1.54) is 30.9 Å². The number of aromatic nitrogens is 5. The van der Waals surface area contributed by atoms with E-state index in [1.54, 1.807) is 22.8 Å². The van der Waals surface area contributed by atoms with Crippen LogP contribution in [0, 0.1) is 5.82 Å². The smallest absolute Gasteiger partial charge is 0.247 e. The van der Waals surface area contributed by atoms with Gasteiger partial charge in [0.15, 0.2) is 11.5 Å². The maximum absolute atomic E-state index is 15.1. The number of pyridine rings is 1. The number of hydrogen-bond acceptors (Lipinski definition) is 11. The fourth-order valence-corrected chi connectivity index (χ4v) is 6.12. The van der Waals surface area contributed by atoms with Gasteiger partial charge in [0.25, 0.3) is 0 Å². The van der Waals surface area contributed by atoms with Crippen LogP contribution in [-0.4, -0.2) is 82.3 Å². The van der Waals surface area contributed by atoms with Gasteiger partial charge in [0.05, 0.1) is 42.5 Å². The van der Waals surface area contributed by atoms with Crippen LogP contribution in [-0.2, 0) is 9.63 Å². The van der Waals surface area contributed by atoms with Gasteiger partial charge < -0.3 is 25.2 Å². The summed E-state index contributed by atoms with van der Waals surface area (Å²) < 4.78 is 22.6. The molecule has 246 valence electrons. The Balaban J connectivity index is 1.18. The molecule has 0 spiro atoms. The summed E-state index contributed by atoms with van der Waals surface area (Å²) in [5, 5.41) is 12.3. The third kappa shape index (κ3) is 6.22. The second kappa shape index (κ2) is 13.3. The lowest BCUT2D eigenvalue weighted by Gasteiger charge is -2.35. The molecule has 3 aromatic heterocycles. The SMILES string of the molecule is C=CC(=O)Nc1cc(Nc2cc(N3OCCC3c3cc(F)cc(-c4cccc5ncnn45)c3)ncn2)c(OC)cc1N1CCN(C)CC1. The summed E-state index contributed by atoms with van der Waals surface area (Å²) in [6, 6.07) is 15.7. The molecule has 0 bridgehead atoms. The molecule has 5 heterocycles. The van der Waals surface area contributed by atoms with Crippen molar-refractivity contribution in [3.05, 3.63) is 91.3 Å². The highest BCUT2D eigenvalue weighted by molar-refractivity contribution is 6.02. The van der Waals surface area contributed by atoms with Crippen molar-refractivity contribution in [3.8, 4) is 17.0 Å². The average molecular weight is 651 g/mol. The normalized spacial score (nSPS) is 16.7. The van der Waals surface area contributed by atoms with E-state index >= 15 is 4.39 Å². The van der Waals surface area contributed by atoms with Crippen LogP contribution in [0.15, 0.2) is 79.9 Å². The van der Waals surface area contributed by atoms with Crippen molar-refractivity contribution in [3.63, 3.8) is 0 Å². The Morgan fingerprint density at radius 1 is 1.04 bits per heavy atom. The maximum Gasteiger partial charge on any atom is 0.247 e. The number of likely N-dealkylation sites (N-methyl/N-ethyl adjacent to an activating group) is 1.